The predicted molar refractivity (Wildman–Crippen MR) is 107 cm³/mol. The third-order valence-corrected chi connectivity index (χ3v) is 4.52. The van der Waals surface area contributed by atoms with E-state index in [2.05, 4.69) is 25.3 Å². The predicted octanol–water partition coefficient (Wildman–Crippen LogP) is 3.37. The summed E-state index contributed by atoms with van der Waals surface area (Å²) in [6.45, 7) is 1.97. The van der Waals surface area contributed by atoms with Crippen molar-refractivity contribution in [3.63, 3.8) is 0 Å². The van der Waals surface area contributed by atoms with Crippen LogP contribution in [0.5, 0.6) is 0 Å². The van der Waals surface area contributed by atoms with Gasteiger partial charge in [-0.3, -0.25) is 4.57 Å². The van der Waals surface area contributed by atoms with Crippen molar-refractivity contribution >= 4 is 22.8 Å². The quantitative estimate of drug-likeness (QED) is 0.538. The van der Waals surface area contributed by atoms with Crippen LogP contribution >= 0.6 is 0 Å². The standard InChI is InChI=1S/C20H17FN8/c1-2-15(27-18-14(9-22)17(23)25-11-26-18)20-28-16-8-12(21)10-24-19(16)29(20)13-6-4-3-5-7-13/h3-8,10-11,15H,2H2,1H3,(H3,23,25,26,27)/t15-/m0/s1. The molecule has 29 heavy (non-hydrogen) atoms. The molecule has 8 nitrogen and oxygen atoms in total. The number of nitriles is 1. The summed E-state index contributed by atoms with van der Waals surface area (Å²) in [6.07, 6.45) is 3.08. The number of anilines is 2. The van der Waals surface area contributed by atoms with E-state index in [9.17, 15) is 9.65 Å². The maximum atomic E-state index is 13.8. The van der Waals surface area contributed by atoms with E-state index in [4.69, 9.17) is 5.73 Å². The Kier molecular flexibility index (Phi) is 4.75. The van der Waals surface area contributed by atoms with E-state index in [0.29, 0.717) is 29.2 Å². The van der Waals surface area contributed by atoms with Crippen LogP contribution in [-0.2, 0) is 0 Å². The molecule has 0 spiro atoms. The number of hydrogen-bond acceptors (Lipinski definition) is 7. The number of nitrogen functional groups attached to an aromatic ring is 1. The molecule has 0 fully saturated rings. The third-order valence-electron chi connectivity index (χ3n) is 4.52. The van der Waals surface area contributed by atoms with Gasteiger partial charge in [0.25, 0.3) is 0 Å². The smallest absolute Gasteiger partial charge is 0.164 e. The highest BCUT2D eigenvalue weighted by Gasteiger charge is 2.23. The molecule has 144 valence electrons. The van der Waals surface area contributed by atoms with E-state index in [0.717, 1.165) is 5.69 Å². The molecule has 3 heterocycles. The van der Waals surface area contributed by atoms with Gasteiger partial charge in [0, 0.05) is 11.8 Å². The Balaban J connectivity index is 1.88. The van der Waals surface area contributed by atoms with Gasteiger partial charge in [-0.25, -0.2) is 24.3 Å². The number of nitrogens with zero attached hydrogens (tertiary/aromatic N) is 6. The number of benzene rings is 1. The molecule has 0 saturated carbocycles. The maximum absolute atomic E-state index is 13.8. The number of nitrogens with one attached hydrogen (secondary N) is 1. The topological polar surface area (TPSA) is 118 Å². The molecule has 4 rings (SSSR count). The van der Waals surface area contributed by atoms with Crippen LogP contribution < -0.4 is 11.1 Å². The van der Waals surface area contributed by atoms with Crippen molar-refractivity contribution in [2.75, 3.05) is 11.1 Å². The fourth-order valence-electron chi connectivity index (χ4n) is 3.16. The monoisotopic (exact) mass is 388 g/mol. The SMILES string of the molecule is CC[C@H](Nc1ncnc(N)c1C#N)c1nc2cc(F)cnc2n1-c1ccccc1. The fraction of sp³-hybridized carbons (Fsp3) is 0.150. The van der Waals surface area contributed by atoms with Crippen molar-refractivity contribution < 1.29 is 4.39 Å². The third kappa shape index (κ3) is 3.32. The average molecular weight is 388 g/mol. The van der Waals surface area contributed by atoms with Gasteiger partial charge >= 0.3 is 0 Å². The zero-order chi connectivity index (χ0) is 20.4. The number of para-hydroxylation sites is 1. The second-order valence-electron chi connectivity index (χ2n) is 6.34. The molecule has 1 aromatic carbocycles. The van der Waals surface area contributed by atoms with E-state index < -0.39 is 5.82 Å². The highest BCUT2D eigenvalue weighted by atomic mass is 19.1. The first-order chi connectivity index (χ1) is 14.1. The summed E-state index contributed by atoms with van der Waals surface area (Å²) in [5.74, 6) is 0.573. The number of hydrogen-bond donors (Lipinski definition) is 2. The lowest BCUT2D eigenvalue weighted by atomic mass is 10.2. The summed E-state index contributed by atoms with van der Waals surface area (Å²) in [5, 5.41) is 12.6. The molecule has 3 aromatic heterocycles. The second-order valence-corrected chi connectivity index (χ2v) is 6.34. The molecule has 0 bridgehead atoms. The Labute approximate surface area is 165 Å². The van der Waals surface area contributed by atoms with Gasteiger partial charge in [-0.05, 0) is 18.6 Å². The number of fused-ring (bicyclic) bond motifs is 1. The van der Waals surface area contributed by atoms with Crippen LogP contribution in [-0.4, -0.2) is 24.5 Å². The lowest BCUT2D eigenvalue weighted by Crippen LogP contribution is -2.17. The van der Waals surface area contributed by atoms with Gasteiger partial charge in [0.05, 0.1) is 12.2 Å². The van der Waals surface area contributed by atoms with Gasteiger partial charge in [0.1, 0.15) is 46.8 Å². The van der Waals surface area contributed by atoms with Crippen molar-refractivity contribution in [1.82, 2.24) is 24.5 Å². The first-order valence-corrected chi connectivity index (χ1v) is 8.98. The summed E-state index contributed by atoms with van der Waals surface area (Å²) in [7, 11) is 0. The van der Waals surface area contributed by atoms with Gasteiger partial charge < -0.3 is 11.1 Å². The Morgan fingerprint density at radius 3 is 2.76 bits per heavy atom. The van der Waals surface area contributed by atoms with Crippen LogP contribution in [0.1, 0.15) is 30.8 Å². The summed E-state index contributed by atoms with van der Waals surface area (Å²) < 4.78 is 15.6. The molecular weight excluding hydrogens is 371 g/mol. The van der Waals surface area contributed by atoms with E-state index in [1.807, 2.05) is 47.9 Å². The van der Waals surface area contributed by atoms with E-state index in [1.54, 1.807) is 0 Å². The molecule has 4 aromatic rings. The Hall–Kier alpha value is -4.06. The average Bonchev–Trinajstić information content (AvgIpc) is 3.11. The van der Waals surface area contributed by atoms with Crippen LogP contribution in [0.3, 0.4) is 0 Å². The van der Waals surface area contributed by atoms with Crippen LogP contribution in [0.2, 0.25) is 0 Å². The molecule has 0 aliphatic rings. The highest BCUT2D eigenvalue weighted by Crippen LogP contribution is 2.29. The number of nitrogens with two attached hydrogens (primary N) is 1. The largest absolute Gasteiger partial charge is 0.382 e. The lowest BCUT2D eigenvalue weighted by Gasteiger charge is -2.19. The normalized spacial score (nSPS) is 11.9. The van der Waals surface area contributed by atoms with Gasteiger partial charge in [-0.2, -0.15) is 5.26 Å². The molecule has 1 atom stereocenters. The minimum atomic E-state index is -0.460. The zero-order valence-electron chi connectivity index (χ0n) is 15.5. The number of imidazole rings is 1. The van der Waals surface area contributed by atoms with Crippen molar-refractivity contribution in [2.45, 2.75) is 19.4 Å². The summed E-state index contributed by atoms with van der Waals surface area (Å²) in [4.78, 5) is 16.9. The van der Waals surface area contributed by atoms with Crippen LogP contribution in [0.4, 0.5) is 16.0 Å². The molecule has 0 aliphatic carbocycles. The number of halogens is 1. The summed E-state index contributed by atoms with van der Waals surface area (Å²) in [5.41, 5.74) is 7.78. The second kappa shape index (κ2) is 7.52. The Bertz CT molecular complexity index is 1210. The maximum Gasteiger partial charge on any atom is 0.164 e. The molecule has 0 aliphatic heterocycles. The van der Waals surface area contributed by atoms with Crippen molar-refractivity contribution in [1.29, 1.82) is 5.26 Å². The van der Waals surface area contributed by atoms with Gasteiger partial charge in [-0.15, -0.1) is 0 Å². The van der Waals surface area contributed by atoms with Crippen LogP contribution in [0, 0.1) is 17.1 Å². The number of aromatic nitrogens is 5. The molecule has 9 heteroatoms. The van der Waals surface area contributed by atoms with Gasteiger partial charge in [0.15, 0.2) is 5.65 Å². The molecule has 3 N–H and O–H groups in total. The van der Waals surface area contributed by atoms with Crippen LogP contribution in [0.25, 0.3) is 16.9 Å². The first kappa shape index (κ1) is 18.3. The molecular formula is C20H17FN8. The van der Waals surface area contributed by atoms with E-state index in [-0.39, 0.29) is 17.4 Å². The minimum absolute atomic E-state index is 0.0974. The minimum Gasteiger partial charge on any atom is -0.382 e. The van der Waals surface area contributed by atoms with Crippen molar-refractivity contribution in [3.05, 3.63) is 66.1 Å². The van der Waals surface area contributed by atoms with Gasteiger partial charge in [-0.1, -0.05) is 25.1 Å². The summed E-state index contributed by atoms with van der Waals surface area (Å²) >= 11 is 0. The fourth-order valence-corrected chi connectivity index (χ4v) is 3.16. The molecule has 0 saturated heterocycles. The molecule has 0 radical (unpaired) electrons. The van der Waals surface area contributed by atoms with E-state index >= 15 is 0 Å². The summed E-state index contributed by atoms with van der Waals surface area (Å²) in [6, 6.07) is 12.6. The van der Waals surface area contributed by atoms with Crippen LogP contribution in [0.15, 0.2) is 48.9 Å². The zero-order valence-corrected chi connectivity index (χ0v) is 15.5. The highest BCUT2D eigenvalue weighted by molar-refractivity contribution is 5.74. The lowest BCUT2D eigenvalue weighted by molar-refractivity contribution is 0.623. The van der Waals surface area contributed by atoms with Crippen molar-refractivity contribution in [2.24, 2.45) is 0 Å². The van der Waals surface area contributed by atoms with Gasteiger partial charge in [0.2, 0.25) is 0 Å². The van der Waals surface area contributed by atoms with E-state index in [1.165, 1.54) is 18.6 Å². The Morgan fingerprint density at radius 2 is 2.03 bits per heavy atom. The number of pyridine rings is 1. The molecule has 0 unspecified atom stereocenters. The number of rotatable bonds is 5. The first-order valence-electron chi connectivity index (χ1n) is 8.98. The van der Waals surface area contributed by atoms with Crippen molar-refractivity contribution in [3.8, 4) is 11.8 Å². The Morgan fingerprint density at radius 1 is 1.24 bits per heavy atom. The molecule has 0 amide bonds.